The highest BCUT2D eigenvalue weighted by molar-refractivity contribution is 5.91. The molecule has 1 aliphatic heterocycles. The van der Waals surface area contributed by atoms with Gasteiger partial charge in [-0.25, -0.2) is 9.18 Å². The van der Waals surface area contributed by atoms with Crippen molar-refractivity contribution in [2.24, 2.45) is 11.3 Å². The van der Waals surface area contributed by atoms with Crippen LogP contribution in [0.15, 0.2) is 59.1 Å². The lowest BCUT2D eigenvalue weighted by atomic mass is 9.52. The number of rotatable bonds is 6. The van der Waals surface area contributed by atoms with E-state index in [1.807, 2.05) is 24.3 Å². The molecule has 1 aliphatic carbocycles. The number of carbonyl (C=O) groups is 2. The zero-order valence-electron chi connectivity index (χ0n) is 19.9. The first-order chi connectivity index (χ1) is 17.4. The molecule has 1 saturated carbocycles. The summed E-state index contributed by atoms with van der Waals surface area (Å²) < 4.78 is 25.3. The molecule has 36 heavy (non-hydrogen) atoms. The Morgan fingerprint density at radius 2 is 1.92 bits per heavy atom. The van der Waals surface area contributed by atoms with Crippen molar-refractivity contribution in [1.82, 2.24) is 15.4 Å². The Morgan fingerprint density at radius 3 is 2.61 bits per heavy atom. The molecule has 8 nitrogen and oxygen atoms in total. The van der Waals surface area contributed by atoms with E-state index in [1.165, 1.54) is 24.1 Å². The van der Waals surface area contributed by atoms with E-state index in [4.69, 9.17) is 9.26 Å². The van der Waals surface area contributed by atoms with Crippen LogP contribution in [-0.4, -0.2) is 53.4 Å². The number of carboxylic acid groups (broad SMARTS) is 1. The predicted octanol–water partition coefficient (Wildman–Crippen LogP) is 4.61. The molecule has 1 spiro atoms. The van der Waals surface area contributed by atoms with Crippen LogP contribution in [0.3, 0.4) is 0 Å². The number of carbonyl (C=O) groups excluding carboxylic acids is 1. The number of benzene rings is 2. The molecule has 5 rings (SSSR count). The lowest BCUT2D eigenvalue weighted by Gasteiger charge is -2.57. The minimum absolute atomic E-state index is 0.0643. The summed E-state index contributed by atoms with van der Waals surface area (Å²) in [5.74, 6) is 0.803. The summed E-state index contributed by atoms with van der Waals surface area (Å²) in [4.78, 5) is 24.8. The summed E-state index contributed by atoms with van der Waals surface area (Å²) in [7, 11) is 1.54. The number of piperidine rings is 1. The fraction of sp³-hybridized carbons (Fsp3) is 0.370. The Balaban J connectivity index is 1.35. The molecule has 1 aromatic heterocycles. The first-order valence-corrected chi connectivity index (χ1v) is 12.0. The van der Waals surface area contributed by atoms with Crippen LogP contribution in [-0.2, 0) is 6.42 Å². The van der Waals surface area contributed by atoms with Gasteiger partial charge in [0.15, 0.2) is 5.69 Å². The Labute approximate surface area is 208 Å². The van der Waals surface area contributed by atoms with Crippen molar-refractivity contribution in [1.29, 1.82) is 0 Å². The smallest absolute Gasteiger partial charge is 0.407 e. The van der Waals surface area contributed by atoms with E-state index in [9.17, 15) is 19.1 Å². The topological polar surface area (TPSA) is 105 Å². The molecule has 3 aromatic rings. The van der Waals surface area contributed by atoms with E-state index in [0.717, 1.165) is 30.4 Å². The fourth-order valence-electron chi connectivity index (χ4n) is 5.55. The summed E-state index contributed by atoms with van der Waals surface area (Å²) in [5.41, 5.74) is 1.99. The van der Waals surface area contributed by atoms with Gasteiger partial charge in [-0.05, 0) is 60.1 Å². The van der Waals surface area contributed by atoms with E-state index in [-0.39, 0.29) is 34.9 Å². The second-order valence-electron chi connectivity index (χ2n) is 9.60. The third-order valence-electron chi connectivity index (χ3n) is 7.61. The highest BCUT2D eigenvalue weighted by Crippen LogP contribution is 2.56. The molecule has 1 saturated heterocycles. The Hall–Kier alpha value is -3.88. The molecule has 0 bridgehead atoms. The average molecular weight is 494 g/mol. The maximum absolute atomic E-state index is 13.3. The Morgan fingerprint density at radius 1 is 1.17 bits per heavy atom. The third-order valence-corrected chi connectivity index (χ3v) is 7.61. The van der Waals surface area contributed by atoms with Gasteiger partial charge in [-0.3, -0.25) is 4.79 Å². The van der Waals surface area contributed by atoms with Gasteiger partial charge in [-0.2, -0.15) is 0 Å². The van der Waals surface area contributed by atoms with E-state index in [0.29, 0.717) is 31.0 Å². The first kappa shape index (κ1) is 23.8. The highest BCUT2D eigenvalue weighted by atomic mass is 19.1. The van der Waals surface area contributed by atoms with Crippen molar-refractivity contribution in [3.63, 3.8) is 0 Å². The zero-order chi connectivity index (χ0) is 25.3. The van der Waals surface area contributed by atoms with E-state index in [2.05, 4.69) is 10.5 Å². The molecule has 9 heteroatoms. The van der Waals surface area contributed by atoms with Crippen molar-refractivity contribution in [2.45, 2.75) is 31.8 Å². The van der Waals surface area contributed by atoms with Crippen molar-refractivity contribution in [2.75, 3.05) is 20.1 Å². The van der Waals surface area contributed by atoms with Gasteiger partial charge in [0.2, 0.25) is 0 Å². The van der Waals surface area contributed by atoms with Crippen molar-refractivity contribution < 1.29 is 28.3 Å². The largest absolute Gasteiger partial charge is 0.490 e. The number of nitrogens with zero attached hydrogens (tertiary/aromatic N) is 2. The van der Waals surface area contributed by atoms with Gasteiger partial charge in [0.25, 0.3) is 5.91 Å². The van der Waals surface area contributed by atoms with Crippen LogP contribution in [0.1, 0.15) is 35.5 Å². The molecule has 2 amide bonds. The number of aromatic nitrogens is 1. The van der Waals surface area contributed by atoms with Crippen molar-refractivity contribution in [3.05, 3.63) is 71.9 Å². The minimum Gasteiger partial charge on any atom is -0.490 e. The molecule has 0 radical (unpaired) electrons. The number of nitrogens with one attached hydrogen (secondary N) is 1. The van der Waals surface area contributed by atoms with Crippen molar-refractivity contribution in [3.8, 4) is 16.9 Å². The monoisotopic (exact) mass is 493 g/mol. The molecule has 2 heterocycles. The van der Waals surface area contributed by atoms with Gasteiger partial charge in [0.05, 0.1) is 0 Å². The molecular weight excluding hydrogens is 465 g/mol. The van der Waals surface area contributed by atoms with Gasteiger partial charge in [0, 0.05) is 38.5 Å². The lowest BCUT2D eigenvalue weighted by Crippen LogP contribution is -2.59. The Bertz CT molecular complexity index is 1250. The quantitative estimate of drug-likeness (QED) is 0.520. The predicted molar refractivity (Wildman–Crippen MR) is 129 cm³/mol. The zero-order valence-corrected chi connectivity index (χ0v) is 19.9. The molecule has 2 fully saturated rings. The van der Waals surface area contributed by atoms with Crippen LogP contribution in [0.5, 0.6) is 5.75 Å². The normalized spacial score (nSPS) is 20.6. The van der Waals surface area contributed by atoms with E-state index < -0.39 is 6.09 Å². The average Bonchev–Trinajstić information content (AvgIpc) is 3.36. The van der Waals surface area contributed by atoms with Gasteiger partial charge in [0.1, 0.15) is 23.4 Å². The van der Waals surface area contributed by atoms with Crippen LogP contribution < -0.4 is 10.1 Å². The number of amides is 2. The van der Waals surface area contributed by atoms with E-state index >= 15 is 0 Å². The minimum atomic E-state index is -0.892. The lowest BCUT2D eigenvalue weighted by molar-refractivity contribution is -0.122. The summed E-state index contributed by atoms with van der Waals surface area (Å²) in [6, 6.07) is 15.7. The van der Waals surface area contributed by atoms with E-state index in [1.54, 1.807) is 18.2 Å². The maximum Gasteiger partial charge on any atom is 0.407 e. The molecule has 188 valence electrons. The summed E-state index contributed by atoms with van der Waals surface area (Å²) in [6.45, 7) is 0.969. The second-order valence-corrected chi connectivity index (χ2v) is 9.60. The SMILES string of the molecule is CNC(=O)c1cc(CC2C(Oc3cccc(-c4ccc(F)cc4)c3)CC23CCN(C(=O)O)CC3)on1. The van der Waals surface area contributed by atoms with Crippen molar-refractivity contribution >= 4 is 12.0 Å². The second kappa shape index (κ2) is 9.64. The first-order valence-electron chi connectivity index (χ1n) is 12.0. The maximum atomic E-state index is 13.3. The standard InChI is InChI=1S/C27H28FN3O5/c1-29-25(32)23-15-21(36-30-23)14-22-24(16-27(22)9-11-31(12-10-27)26(33)34)35-20-4-2-3-18(13-20)17-5-7-19(28)8-6-17/h2-8,13,15,22,24H,9-12,14,16H2,1H3,(H,29,32)(H,33,34). The molecule has 2 N–H and O–H groups in total. The number of likely N-dealkylation sites (tertiary alicyclic amines) is 1. The van der Waals surface area contributed by atoms with Crippen LogP contribution in [0, 0.1) is 17.2 Å². The number of hydrogen-bond donors (Lipinski definition) is 2. The van der Waals surface area contributed by atoms with Gasteiger partial charge in [-0.15, -0.1) is 0 Å². The van der Waals surface area contributed by atoms with Gasteiger partial charge >= 0.3 is 6.09 Å². The molecule has 2 atom stereocenters. The summed E-state index contributed by atoms with van der Waals surface area (Å²) in [6.07, 6.45) is 1.85. The van der Waals surface area contributed by atoms with Crippen LogP contribution in [0.2, 0.25) is 0 Å². The molecule has 2 unspecified atom stereocenters. The third kappa shape index (κ3) is 4.65. The summed E-state index contributed by atoms with van der Waals surface area (Å²) >= 11 is 0. The Kier molecular flexibility index (Phi) is 6.38. The van der Waals surface area contributed by atoms with Crippen LogP contribution in [0.25, 0.3) is 11.1 Å². The number of hydrogen-bond acceptors (Lipinski definition) is 5. The number of ether oxygens (including phenoxy) is 1. The van der Waals surface area contributed by atoms with Crippen LogP contribution >= 0.6 is 0 Å². The fourth-order valence-corrected chi connectivity index (χ4v) is 5.55. The van der Waals surface area contributed by atoms with Gasteiger partial charge < -0.3 is 24.6 Å². The summed E-state index contributed by atoms with van der Waals surface area (Å²) in [5, 5.41) is 15.8. The number of halogens is 1. The highest BCUT2D eigenvalue weighted by Gasteiger charge is 2.56. The molecule has 2 aliphatic rings. The van der Waals surface area contributed by atoms with Crippen LogP contribution in [0.4, 0.5) is 9.18 Å². The molecular formula is C27H28FN3O5. The van der Waals surface area contributed by atoms with Gasteiger partial charge in [-0.1, -0.05) is 29.4 Å². The molecule has 2 aromatic carbocycles.